The number of phenolic OH excluding ortho intramolecular Hbond substituents is 1. The number of nitrogens with one attached hydrogen (secondary N) is 1. The van der Waals surface area contributed by atoms with Crippen molar-refractivity contribution in [2.24, 2.45) is 5.73 Å². The lowest BCUT2D eigenvalue weighted by Crippen LogP contribution is -2.45. The number of hydrogen-bond acceptors (Lipinski definition) is 4. The topological polar surface area (TPSA) is 113 Å². The van der Waals surface area contributed by atoms with Crippen LogP contribution in [0.2, 0.25) is 0 Å². The standard InChI is InChI=1S/C15H22N2O4/c1-10(3-2-4-14(19)20)17-15(21)13(16)9-11-5-7-12(18)8-6-11/h5-8,10,13,18H,2-4,9,16H2,1H3,(H,17,21)(H,19,20). The molecule has 0 fully saturated rings. The monoisotopic (exact) mass is 294 g/mol. The molecule has 1 amide bonds. The maximum Gasteiger partial charge on any atom is 0.303 e. The second kappa shape index (κ2) is 8.26. The molecule has 0 aromatic heterocycles. The summed E-state index contributed by atoms with van der Waals surface area (Å²) in [5, 5.41) is 20.5. The van der Waals surface area contributed by atoms with Gasteiger partial charge in [-0.3, -0.25) is 9.59 Å². The van der Waals surface area contributed by atoms with Gasteiger partial charge in [0, 0.05) is 12.5 Å². The molecule has 6 heteroatoms. The van der Waals surface area contributed by atoms with E-state index in [0.29, 0.717) is 19.3 Å². The molecule has 1 aromatic carbocycles. The van der Waals surface area contributed by atoms with Gasteiger partial charge >= 0.3 is 5.97 Å². The average molecular weight is 294 g/mol. The number of nitrogens with two attached hydrogens (primary N) is 1. The van der Waals surface area contributed by atoms with E-state index in [9.17, 15) is 14.7 Å². The lowest BCUT2D eigenvalue weighted by molar-refractivity contribution is -0.137. The molecular weight excluding hydrogens is 272 g/mol. The number of benzene rings is 1. The van der Waals surface area contributed by atoms with Gasteiger partial charge < -0.3 is 21.3 Å². The number of aromatic hydroxyl groups is 1. The van der Waals surface area contributed by atoms with Crippen molar-refractivity contribution in [3.63, 3.8) is 0 Å². The summed E-state index contributed by atoms with van der Waals surface area (Å²) in [5.74, 6) is -0.924. The molecule has 0 spiro atoms. The van der Waals surface area contributed by atoms with Gasteiger partial charge in [0.25, 0.3) is 0 Å². The van der Waals surface area contributed by atoms with E-state index in [1.165, 1.54) is 0 Å². The molecule has 0 radical (unpaired) electrons. The van der Waals surface area contributed by atoms with Crippen LogP contribution in [0.5, 0.6) is 5.75 Å². The van der Waals surface area contributed by atoms with Crippen molar-refractivity contribution in [3.05, 3.63) is 29.8 Å². The van der Waals surface area contributed by atoms with Gasteiger partial charge in [0.2, 0.25) is 5.91 Å². The fourth-order valence-electron chi connectivity index (χ4n) is 1.96. The molecule has 6 nitrogen and oxygen atoms in total. The van der Waals surface area contributed by atoms with Crippen molar-refractivity contribution in [2.45, 2.75) is 44.7 Å². The van der Waals surface area contributed by atoms with Gasteiger partial charge in [0.05, 0.1) is 6.04 Å². The van der Waals surface area contributed by atoms with Gasteiger partial charge in [-0.1, -0.05) is 12.1 Å². The van der Waals surface area contributed by atoms with Gasteiger partial charge in [-0.2, -0.15) is 0 Å². The van der Waals surface area contributed by atoms with Crippen molar-refractivity contribution in [2.75, 3.05) is 0 Å². The Hall–Kier alpha value is -2.08. The third kappa shape index (κ3) is 6.76. The van der Waals surface area contributed by atoms with Crippen molar-refractivity contribution in [1.29, 1.82) is 0 Å². The average Bonchev–Trinajstić information content (AvgIpc) is 2.40. The summed E-state index contributed by atoms with van der Waals surface area (Å²) in [4.78, 5) is 22.3. The smallest absolute Gasteiger partial charge is 0.303 e. The number of amides is 1. The van der Waals surface area contributed by atoms with Crippen LogP contribution in [-0.2, 0) is 16.0 Å². The Kier molecular flexibility index (Phi) is 6.68. The van der Waals surface area contributed by atoms with Crippen LogP contribution in [0.3, 0.4) is 0 Å². The predicted octanol–water partition coefficient (Wildman–Crippen LogP) is 1.02. The van der Waals surface area contributed by atoms with Crippen molar-refractivity contribution >= 4 is 11.9 Å². The molecule has 0 heterocycles. The highest BCUT2D eigenvalue weighted by atomic mass is 16.4. The van der Waals surface area contributed by atoms with E-state index < -0.39 is 12.0 Å². The molecule has 5 N–H and O–H groups in total. The fraction of sp³-hybridized carbons (Fsp3) is 0.467. The van der Waals surface area contributed by atoms with E-state index in [2.05, 4.69) is 5.32 Å². The fourth-order valence-corrected chi connectivity index (χ4v) is 1.96. The molecule has 0 aliphatic heterocycles. The summed E-state index contributed by atoms with van der Waals surface area (Å²) < 4.78 is 0. The van der Waals surface area contributed by atoms with Crippen LogP contribution in [-0.4, -0.2) is 34.2 Å². The summed E-state index contributed by atoms with van der Waals surface area (Å²) in [6.07, 6.45) is 1.60. The number of carboxylic acid groups (broad SMARTS) is 1. The maximum atomic E-state index is 11.9. The molecule has 0 saturated heterocycles. The van der Waals surface area contributed by atoms with E-state index in [1.807, 2.05) is 6.92 Å². The first-order valence-corrected chi connectivity index (χ1v) is 6.94. The molecule has 1 aromatic rings. The Labute approximate surface area is 124 Å². The van der Waals surface area contributed by atoms with Crippen LogP contribution in [0.4, 0.5) is 0 Å². The Morgan fingerprint density at radius 2 is 1.90 bits per heavy atom. The van der Waals surface area contributed by atoms with E-state index in [1.54, 1.807) is 24.3 Å². The summed E-state index contributed by atoms with van der Waals surface area (Å²) in [7, 11) is 0. The number of carboxylic acids is 1. The molecule has 0 saturated carbocycles. The molecule has 0 aliphatic carbocycles. The van der Waals surface area contributed by atoms with Gasteiger partial charge in [-0.15, -0.1) is 0 Å². The number of carbonyl (C=O) groups excluding carboxylic acids is 1. The SMILES string of the molecule is CC(CCCC(=O)O)NC(=O)C(N)Cc1ccc(O)cc1. The molecule has 2 atom stereocenters. The summed E-state index contributed by atoms with van der Waals surface area (Å²) in [6.45, 7) is 1.83. The molecule has 116 valence electrons. The van der Waals surface area contributed by atoms with Crippen LogP contribution in [0.1, 0.15) is 31.7 Å². The number of hydrogen-bond donors (Lipinski definition) is 4. The summed E-state index contributed by atoms with van der Waals surface area (Å²) >= 11 is 0. The zero-order valence-electron chi connectivity index (χ0n) is 12.1. The Morgan fingerprint density at radius 3 is 2.48 bits per heavy atom. The van der Waals surface area contributed by atoms with Crippen LogP contribution in [0.25, 0.3) is 0 Å². The highest BCUT2D eigenvalue weighted by Crippen LogP contribution is 2.11. The molecular formula is C15H22N2O4. The first-order chi connectivity index (χ1) is 9.88. The minimum Gasteiger partial charge on any atom is -0.508 e. The highest BCUT2D eigenvalue weighted by Gasteiger charge is 2.16. The summed E-state index contributed by atoms with van der Waals surface area (Å²) in [6, 6.07) is 5.76. The zero-order chi connectivity index (χ0) is 15.8. The Balaban J connectivity index is 2.36. The quantitative estimate of drug-likeness (QED) is 0.572. The molecule has 21 heavy (non-hydrogen) atoms. The predicted molar refractivity (Wildman–Crippen MR) is 78.9 cm³/mol. The maximum absolute atomic E-state index is 11.9. The van der Waals surface area contributed by atoms with E-state index in [0.717, 1.165) is 5.56 Å². The van der Waals surface area contributed by atoms with Crippen LogP contribution < -0.4 is 11.1 Å². The second-order valence-corrected chi connectivity index (χ2v) is 5.17. The number of rotatable bonds is 8. The lowest BCUT2D eigenvalue weighted by atomic mass is 10.0. The first kappa shape index (κ1) is 17.0. The summed E-state index contributed by atoms with van der Waals surface area (Å²) in [5.41, 5.74) is 6.71. The van der Waals surface area contributed by atoms with Crippen LogP contribution >= 0.6 is 0 Å². The normalized spacial score (nSPS) is 13.4. The van der Waals surface area contributed by atoms with Crippen molar-refractivity contribution < 1.29 is 19.8 Å². The minimum absolute atomic E-state index is 0.0970. The van der Waals surface area contributed by atoms with E-state index in [-0.39, 0.29) is 24.1 Å². The van der Waals surface area contributed by atoms with Crippen molar-refractivity contribution in [1.82, 2.24) is 5.32 Å². The second-order valence-electron chi connectivity index (χ2n) is 5.17. The van der Waals surface area contributed by atoms with Gasteiger partial charge in [-0.25, -0.2) is 0 Å². The highest BCUT2D eigenvalue weighted by molar-refractivity contribution is 5.82. The number of carbonyl (C=O) groups is 2. The van der Waals surface area contributed by atoms with E-state index >= 15 is 0 Å². The zero-order valence-corrected chi connectivity index (χ0v) is 12.1. The Morgan fingerprint density at radius 1 is 1.29 bits per heavy atom. The molecule has 0 aliphatic rings. The third-order valence-electron chi connectivity index (χ3n) is 3.15. The largest absolute Gasteiger partial charge is 0.508 e. The third-order valence-corrected chi connectivity index (χ3v) is 3.15. The van der Waals surface area contributed by atoms with E-state index in [4.69, 9.17) is 10.8 Å². The van der Waals surface area contributed by atoms with Crippen molar-refractivity contribution in [3.8, 4) is 5.75 Å². The van der Waals surface area contributed by atoms with Crippen LogP contribution in [0, 0.1) is 0 Å². The van der Waals surface area contributed by atoms with Gasteiger partial charge in [-0.05, 0) is 43.9 Å². The number of aliphatic carboxylic acids is 1. The first-order valence-electron chi connectivity index (χ1n) is 6.94. The molecule has 1 rings (SSSR count). The minimum atomic E-state index is -0.836. The molecule has 0 bridgehead atoms. The Bertz CT molecular complexity index is 473. The van der Waals surface area contributed by atoms with Gasteiger partial charge in [0.15, 0.2) is 0 Å². The molecule has 2 unspecified atom stereocenters. The van der Waals surface area contributed by atoms with Crippen LogP contribution in [0.15, 0.2) is 24.3 Å². The van der Waals surface area contributed by atoms with Gasteiger partial charge in [0.1, 0.15) is 5.75 Å². The lowest BCUT2D eigenvalue weighted by Gasteiger charge is -2.17. The number of phenols is 1.